The van der Waals surface area contributed by atoms with Gasteiger partial charge in [-0.2, -0.15) is 4.39 Å². The van der Waals surface area contributed by atoms with E-state index in [2.05, 4.69) is 11.6 Å². The fraction of sp³-hybridized carbons (Fsp3) is 0.300. The molecule has 0 saturated carbocycles. The first-order chi connectivity index (χ1) is 19.6. The van der Waals surface area contributed by atoms with Crippen LogP contribution in [0.15, 0.2) is 67.5 Å². The largest absolute Gasteiger partial charge is 0.494 e. The molecular formula is C30H29FN4O5. The zero-order valence-electron chi connectivity index (χ0n) is 22.1. The molecule has 40 heavy (non-hydrogen) atoms. The van der Waals surface area contributed by atoms with Gasteiger partial charge in [-0.05, 0) is 48.9 Å². The molecule has 0 spiro atoms. The van der Waals surface area contributed by atoms with E-state index in [-0.39, 0.29) is 29.4 Å². The first kappa shape index (κ1) is 25.8. The standard InChI is InChI=1S/C30H29FN4O5/c1-3-26(36)34-13-11-20(17-34)30-33-29(23-15-32-16-27(35(23)30)40-22-12-14-38-18-22)19-7-9-21(10-8-19)39-25-6-4-5-24(37-2)28(25)31/h3-10,15-16,20,22H,1,11-14,17-18H2,2H3/t20-,22?/m1/s1. The first-order valence-electron chi connectivity index (χ1n) is 13.2. The molecule has 0 bridgehead atoms. The molecule has 206 valence electrons. The molecule has 9 nitrogen and oxygen atoms in total. The van der Waals surface area contributed by atoms with Gasteiger partial charge in [0.1, 0.15) is 17.7 Å². The summed E-state index contributed by atoms with van der Waals surface area (Å²) >= 11 is 0. The van der Waals surface area contributed by atoms with Crippen molar-refractivity contribution >= 4 is 11.4 Å². The van der Waals surface area contributed by atoms with E-state index in [1.807, 2.05) is 16.5 Å². The second kappa shape index (κ2) is 11.0. The van der Waals surface area contributed by atoms with Gasteiger partial charge in [-0.15, -0.1) is 0 Å². The molecule has 0 N–H and O–H groups in total. The summed E-state index contributed by atoms with van der Waals surface area (Å²) < 4.78 is 39.3. The number of carbonyl (C=O) groups is 1. The Balaban J connectivity index is 1.36. The highest BCUT2D eigenvalue weighted by molar-refractivity contribution is 5.87. The van der Waals surface area contributed by atoms with Crippen LogP contribution >= 0.6 is 0 Å². The Bertz CT molecular complexity index is 1550. The molecule has 2 saturated heterocycles. The van der Waals surface area contributed by atoms with Crippen LogP contribution in [0.25, 0.3) is 16.8 Å². The molecule has 10 heteroatoms. The highest BCUT2D eigenvalue weighted by Gasteiger charge is 2.32. The number of benzene rings is 2. The van der Waals surface area contributed by atoms with Crippen LogP contribution in [0, 0.1) is 5.82 Å². The van der Waals surface area contributed by atoms with Crippen LogP contribution in [-0.2, 0) is 9.53 Å². The fourth-order valence-electron chi connectivity index (χ4n) is 5.21. The third-order valence-electron chi connectivity index (χ3n) is 7.26. The normalized spacial score (nSPS) is 18.7. The molecule has 2 aliphatic heterocycles. The van der Waals surface area contributed by atoms with E-state index in [0.717, 1.165) is 35.4 Å². The summed E-state index contributed by atoms with van der Waals surface area (Å²) in [4.78, 5) is 23.6. The molecule has 6 rings (SSSR count). The van der Waals surface area contributed by atoms with E-state index >= 15 is 0 Å². The van der Waals surface area contributed by atoms with Gasteiger partial charge in [-0.1, -0.05) is 12.6 Å². The van der Waals surface area contributed by atoms with Crippen LogP contribution in [0.1, 0.15) is 24.6 Å². The number of nitrogens with zero attached hydrogens (tertiary/aromatic N) is 4. The summed E-state index contributed by atoms with van der Waals surface area (Å²) in [6, 6.07) is 12.0. The van der Waals surface area contributed by atoms with Gasteiger partial charge >= 0.3 is 0 Å². The number of likely N-dealkylation sites (tertiary alicyclic amines) is 1. The number of aromatic nitrogens is 3. The summed E-state index contributed by atoms with van der Waals surface area (Å²) in [5, 5.41) is 0. The lowest BCUT2D eigenvalue weighted by molar-refractivity contribution is -0.125. The summed E-state index contributed by atoms with van der Waals surface area (Å²) in [6.07, 6.45) is 6.31. The number of fused-ring (bicyclic) bond motifs is 1. The summed E-state index contributed by atoms with van der Waals surface area (Å²) in [7, 11) is 1.41. The smallest absolute Gasteiger partial charge is 0.245 e. The number of halogens is 1. The predicted octanol–water partition coefficient (Wildman–Crippen LogP) is 5.01. The first-order valence-corrected chi connectivity index (χ1v) is 13.2. The summed E-state index contributed by atoms with van der Waals surface area (Å²) in [6.45, 7) is 5.97. The third-order valence-corrected chi connectivity index (χ3v) is 7.26. The molecule has 0 radical (unpaired) electrons. The van der Waals surface area contributed by atoms with Crippen molar-refractivity contribution in [2.75, 3.05) is 33.4 Å². The second-order valence-electron chi connectivity index (χ2n) is 9.76. The van der Waals surface area contributed by atoms with Gasteiger partial charge in [0.2, 0.25) is 17.6 Å². The molecule has 0 aliphatic carbocycles. The molecule has 2 aromatic heterocycles. The Labute approximate surface area is 230 Å². The van der Waals surface area contributed by atoms with E-state index in [4.69, 9.17) is 23.9 Å². The Morgan fingerprint density at radius 2 is 1.98 bits per heavy atom. The highest BCUT2D eigenvalue weighted by atomic mass is 19.1. The van der Waals surface area contributed by atoms with Gasteiger partial charge in [-0.3, -0.25) is 14.2 Å². The van der Waals surface area contributed by atoms with Crippen molar-refractivity contribution in [3.8, 4) is 34.4 Å². The van der Waals surface area contributed by atoms with Gasteiger partial charge in [-0.25, -0.2) is 4.98 Å². The minimum absolute atomic E-state index is 0.00775. The van der Waals surface area contributed by atoms with Crippen molar-refractivity contribution < 1.29 is 28.1 Å². The SMILES string of the molecule is C=CC(=O)N1CC[C@@H](c2nc(-c3ccc(Oc4cccc(OC)c4F)cc3)c3cncc(OC4CCOC4)n23)C1. The maximum Gasteiger partial charge on any atom is 0.245 e. The monoisotopic (exact) mass is 544 g/mol. The van der Waals surface area contributed by atoms with E-state index in [1.54, 1.807) is 41.6 Å². The number of amides is 1. The number of rotatable bonds is 8. The Morgan fingerprint density at radius 3 is 2.73 bits per heavy atom. The maximum absolute atomic E-state index is 14.6. The van der Waals surface area contributed by atoms with Gasteiger partial charge in [0.15, 0.2) is 11.5 Å². The third kappa shape index (κ3) is 4.86. The molecule has 4 aromatic rings. The molecule has 2 atom stereocenters. The highest BCUT2D eigenvalue weighted by Crippen LogP contribution is 2.36. The Hall–Kier alpha value is -4.44. The minimum atomic E-state index is -0.564. The minimum Gasteiger partial charge on any atom is -0.494 e. The second-order valence-corrected chi connectivity index (χ2v) is 9.76. The van der Waals surface area contributed by atoms with Crippen molar-refractivity contribution in [2.45, 2.75) is 24.9 Å². The molecule has 4 heterocycles. The number of hydrogen-bond acceptors (Lipinski definition) is 7. The fourth-order valence-corrected chi connectivity index (χ4v) is 5.21. The van der Waals surface area contributed by atoms with E-state index < -0.39 is 5.82 Å². The summed E-state index contributed by atoms with van der Waals surface area (Å²) in [5.41, 5.74) is 2.35. The molecule has 2 fully saturated rings. The van der Waals surface area contributed by atoms with E-state index in [9.17, 15) is 9.18 Å². The molecule has 1 amide bonds. The van der Waals surface area contributed by atoms with Crippen LogP contribution in [0.2, 0.25) is 0 Å². The number of hydrogen-bond donors (Lipinski definition) is 0. The molecular weight excluding hydrogens is 515 g/mol. The van der Waals surface area contributed by atoms with Gasteiger partial charge in [0.05, 0.1) is 43.9 Å². The quantitative estimate of drug-likeness (QED) is 0.288. The summed E-state index contributed by atoms with van der Waals surface area (Å²) in [5.74, 6) is 1.40. The van der Waals surface area contributed by atoms with Crippen molar-refractivity contribution in [2.24, 2.45) is 0 Å². The van der Waals surface area contributed by atoms with Crippen molar-refractivity contribution in [3.05, 3.63) is 79.2 Å². The number of carbonyl (C=O) groups excluding carboxylic acids is 1. The maximum atomic E-state index is 14.6. The lowest BCUT2D eigenvalue weighted by Gasteiger charge is -2.17. The zero-order chi connectivity index (χ0) is 27.6. The van der Waals surface area contributed by atoms with Crippen molar-refractivity contribution in [3.63, 3.8) is 0 Å². The predicted molar refractivity (Wildman–Crippen MR) is 145 cm³/mol. The average Bonchev–Trinajstić information content (AvgIpc) is 3.75. The lowest BCUT2D eigenvalue weighted by atomic mass is 10.1. The average molecular weight is 545 g/mol. The molecule has 2 aromatic carbocycles. The number of imidazole rings is 1. The van der Waals surface area contributed by atoms with Crippen LogP contribution in [0.3, 0.4) is 0 Å². The van der Waals surface area contributed by atoms with Crippen molar-refractivity contribution in [1.29, 1.82) is 0 Å². The Morgan fingerprint density at radius 1 is 1.15 bits per heavy atom. The van der Waals surface area contributed by atoms with Crippen LogP contribution in [-0.4, -0.2) is 64.7 Å². The van der Waals surface area contributed by atoms with Gasteiger partial charge in [0, 0.05) is 31.0 Å². The van der Waals surface area contributed by atoms with Crippen molar-refractivity contribution in [1.82, 2.24) is 19.3 Å². The lowest BCUT2D eigenvalue weighted by Crippen LogP contribution is -2.26. The van der Waals surface area contributed by atoms with Crippen LogP contribution in [0.4, 0.5) is 4.39 Å². The van der Waals surface area contributed by atoms with Crippen LogP contribution < -0.4 is 14.2 Å². The zero-order valence-corrected chi connectivity index (χ0v) is 22.1. The van der Waals surface area contributed by atoms with Gasteiger partial charge < -0.3 is 23.8 Å². The molecule has 1 unspecified atom stereocenters. The Kier molecular flexibility index (Phi) is 7.08. The number of methoxy groups -OCH3 is 1. The molecule has 2 aliphatic rings. The van der Waals surface area contributed by atoms with E-state index in [0.29, 0.717) is 37.9 Å². The van der Waals surface area contributed by atoms with Crippen LogP contribution in [0.5, 0.6) is 23.1 Å². The number of ether oxygens (including phenoxy) is 4. The van der Waals surface area contributed by atoms with Gasteiger partial charge in [0.25, 0.3) is 0 Å². The topological polar surface area (TPSA) is 87.4 Å². The van der Waals surface area contributed by atoms with E-state index in [1.165, 1.54) is 19.3 Å².